The van der Waals surface area contributed by atoms with E-state index >= 15 is 0 Å². The maximum absolute atomic E-state index is 13.1. The average molecular weight is 386 g/mol. The monoisotopic (exact) mass is 385 g/mol. The van der Waals surface area contributed by atoms with Gasteiger partial charge in [-0.05, 0) is 38.1 Å². The van der Waals surface area contributed by atoms with Gasteiger partial charge in [0.2, 0.25) is 0 Å². The molecule has 1 heterocycles. The molecule has 0 aliphatic carbocycles. The molecule has 3 rings (SSSR count). The molecular weight excluding hydrogens is 360 g/mol. The van der Waals surface area contributed by atoms with Crippen molar-refractivity contribution < 1.29 is 13.2 Å². The standard InChI is InChI=1S/C21H25N2O3S/c1-3-27(24,25)23(13-5-6-18(15-22)16-23)19-7-4-8-21(14-19)26-20-11-9-17(2)10-12-20/h4-12,14,16H,3,13,15,22H2,1-2H3/q+1. The van der Waals surface area contributed by atoms with E-state index in [0.717, 1.165) is 11.1 Å². The second-order valence-electron chi connectivity index (χ2n) is 6.57. The lowest BCUT2D eigenvalue weighted by Gasteiger charge is -2.34. The van der Waals surface area contributed by atoms with Gasteiger partial charge in [0.1, 0.15) is 24.2 Å². The second kappa shape index (κ2) is 7.68. The summed E-state index contributed by atoms with van der Waals surface area (Å²) in [6.07, 6.45) is 5.49. The van der Waals surface area contributed by atoms with E-state index in [4.69, 9.17) is 10.5 Å². The first-order valence-corrected chi connectivity index (χ1v) is 10.6. The van der Waals surface area contributed by atoms with Crippen molar-refractivity contribution in [3.63, 3.8) is 0 Å². The highest BCUT2D eigenvalue weighted by atomic mass is 32.2. The summed E-state index contributed by atoms with van der Waals surface area (Å²) in [6.45, 7) is 4.29. The molecule has 1 atom stereocenters. The molecule has 2 aromatic carbocycles. The van der Waals surface area contributed by atoms with Crippen LogP contribution >= 0.6 is 0 Å². The van der Waals surface area contributed by atoms with Crippen molar-refractivity contribution >= 4 is 15.7 Å². The first-order valence-electron chi connectivity index (χ1n) is 8.94. The van der Waals surface area contributed by atoms with E-state index in [9.17, 15) is 8.42 Å². The van der Waals surface area contributed by atoms with Crippen molar-refractivity contribution in [1.29, 1.82) is 0 Å². The Bertz CT molecular complexity index is 979. The van der Waals surface area contributed by atoms with Gasteiger partial charge >= 0.3 is 10.0 Å². The topological polar surface area (TPSA) is 69.4 Å². The van der Waals surface area contributed by atoms with Crippen LogP contribution in [-0.4, -0.2) is 27.3 Å². The summed E-state index contributed by atoms with van der Waals surface area (Å²) in [5, 5.41) is 0. The van der Waals surface area contributed by atoms with Crippen LogP contribution in [0.15, 0.2) is 72.5 Å². The molecule has 5 nitrogen and oxygen atoms in total. The molecular formula is C21H25N2O3S+. The van der Waals surface area contributed by atoms with Gasteiger partial charge in [-0.1, -0.05) is 29.8 Å². The van der Waals surface area contributed by atoms with Crippen LogP contribution in [0.1, 0.15) is 12.5 Å². The Morgan fingerprint density at radius 1 is 1.11 bits per heavy atom. The summed E-state index contributed by atoms with van der Waals surface area (Å²) < 4.78 is 31.8. The number of rotatable bonds is 6. The molecule has 0 bridgehead atoms. The highest BCUT2D eigenvalue weighted by molar-refractivity contribution is 7.91. The zero-order valence-corrected chi connectivity index (χ0v) is 16.4. The van der Waals surface area contributed by atoms with Gasteiger partial charge in [0, 0.05) is 24.3 Å². The third kappa shape index (κ3) is 3.83. The fourth-order valence-corrected chi connectivity index (χ4v) is 4.64. The normalized spacial score (nSPS) is 19.6. The lowest BCUT2D eigenvalue weighted by Crippen LogP contribution is -2.51. The number of nitrogens with zero attached hydrogens (tertiary/aromatic N) is 1. The maximum atomic E-state index is 13.1. The quantitative estimate of drug-likeness (QED) is 0.767. The Kier molecular flexibility index (Phi) is 5.51. The van der Waals surface area contributed by atoms with Gasteiger partial charge in [0.15, 0.2) is 5.69 Å². The fraction of sp³-hybridized carbons (Fsp3) is 0.238. The predicted octanol–water partition coefficient (Wildman–Crippen LogP) is 3.86. The van der Waals surface area contributed by atoms with Crippen LogP contribution in [-0.2, 0) is 10.0 Å². The van der Waals surface area contributed by atoms with E-state index in [1.54, 1.807) is 19.2 Å². The molecule has 0 radical (unpaired) electrons. The van der Waals surface area contributed by atoms with Crippen molar-refractivity contribution in [3.8, 4) is 11.5 Å². The molecule has 1 aliphatic rings. The van der Waals surface area contributed by atoms with E-state index < -0.39 is 10.0 Å². The molecule has 142 valence electrons. The third-order valence-corrected chi connectivity index (χ3v) is 6.88. The Morgan fingerprint density at radius 2 is 1.85 bits per heavy atom. The van der Waals surface area contributed by atoms with E-state index in [1.807, 2.05) is 61.5 Å². The number of sulfonamides is 1. The zero-order chi connectivity index (χ0) is 19.5. The minimum atomic E-state index is -3.48. The van der Waals surface area contributed by atoms with Crippen LogP contribution in [0.25, 0.3) is 0 Å². The molecule has 2 N–H and O–H groups in total. The van der Waals surface area contributed by atoms with Crippen molar-refractivity contribution in [3.05, 3.63) is 78.0 Å². The van der Waals surface area contributed by atoms with Gasteiger partial charge in [-0.2, -0.15) is 12.3 Å². The fourth-order valence-electron chi connectivity index (χ4n) is 3.13. The molecule has 0 fully saturated rings. The number of ether oxygens (including phenoxy) is 1. The molecule has 6 heteroatoms. The molecule has 1 aliphatic heterocycles. The number of benzene rings is 2. The van der Waals surface area contributed by atoms with Crippen LogP contribution in [0.5, 0.6) is 11.5 Å². The van der Waals surface area contributed by atoms with Gasteiger partial charge in [-0.15, -0.1) is 0 Å². The van der Waals surface area contributed by atoms with Crippen molar-refractivity contribution in [2.75, 3.05) is 18.8 Å². The van der Waals surface area contributed by atoms with Crippen LogP contribution in [0, 0.1) is 6.92 Å². The van der Waals surface area contributed by atoms with E-state index in [-0.39, 0.29) is 16.2 Å². The molecule has 0 aromatic heterocycles. The van der Waals surface area contributed by atoms with Gasteiger partial charge < -0.3 is 10.5 Å². The summed E-state index contributed by atoms with van der Waals surface area (Å²) in [5.41, 5.74) is 8.36. The summed E-state index contributed by atoms with van der Waals surface area (Å²) >= 11 is 0. The van der Waals surface area contributed by atoms with E-state index in [2.05, 4.69) is 0 Å². The third-order valence-electron chi connectivity index (χ3n) is 4.69. The molecule has 2 aromatic rings. The Labute approximate surface area is 161 Å². The van der Waals surface area contributed by atoms with E-state index in [0.29, 0.717) is 23.7 Å². The Hall–Kier alpha value is -2.41. The van der Waals surface area contributed by atoms with Crippen LogP contribution in [0.2, 0.25) is 0 Å². The van der Waals surface area contributed by atoms with Crippen LogP contribution in [0.4, 0.5) is 5.69 Å². The molecule has 0 spiro atoms. The minimum absolute atomic E-state index is 0.0260. The van der Waals surface area contributed by atoms with Crippen molar-refractivity contribution in [2.45, 2.75) is 13.8 Å². The molecule has 0 saturated heterocycles. The number of aryl methyl sites for hydroxylation is 1. The van der Waals surface area contributed by atoms with Crippen LogP contribution < -0.4 is 14.4 Å². The largest absolute Gasteiger partial charge is 0.457 e. The van der Waals surface area contributed by atoms with Crippen molar-refractivity contribution in [1.82, 2.24) is 3.89 Å². The number of quaternary nitrogens is 1. The zero-order valence-electron chi connectivity index (χ0n) is 15.6. The SMILES string of the molecule is CCS(=O)(=O)[N+]1(c2cccc(Oc3ccc(C)cc3)c2)C=C(CN)C=CC1. The Morgan fingerprint density at radius 3 is 2.52 bits per heavy atom. The lowest BCUT2D eigenvalue weighted by atomic mass is 10.2. The first-order chi connectivity index (χ1) is 12.9. The predicted molar refractivity (Wildman–Crippen MR) is 110 cm³/mol. The summed E-state index contributed by atoms with van der Waals surface area (Å²) in [5.74, 6) is 1.33. The first kappa shape index (κ1) is 19.4. The molecule has 27 heavy (non-hydrogen) atoms. The lowest BCUT2D eigenvalue weighted by molar-refractivity contribution is 0.478. The minimum Gasteiger partial charge on any atom is -0.457 e. The van der Waals surface area contributed by atoms with E-state index in [1.165, 1.54) is 0 Å². The van der Waals surface area contributed by atoms with Gasteiger partial charge in [-0.25, -0.2) is 0 Å². The smallest absolute Gasteiger partial charge is 0.306 e. The van der Waals surface area contributed by atoms with Gasteiger partial charge in [0.25, 0.3) is 0 Å². The second-order valence-corrected chi connectivity index (χ2v) is 8.96. The summed E-state index contributed by atoms with van der Waals surface area (Å²) in [4.78, 5) is 0. The molecule has 0 saturated carbocycles. The average Bonchev–Trinajstić information content (AvgIpc) is 2.69. The highest BCUT2D eigenvalue weighted by Crippen LogP contribution is 2.35. The highest BCUT2D eigenvalue weighted by Gasteiger charge is 2.42. The number of hydrogen-bond donors (Lipinski definition) is 1. The number of hydrogen-bond acceptors (Lipinski definition) is 4. The van der Waals surface area contributed by atoms with Crippen molar-refractivity contribution in [2.24, 2.45) is 5.73 Å². The maximum Gasteiger partial charge on any atom is 0.306 e. The summed E-state index contributed by atoms with van der Waals surface area (Å²) in [6, 6.07) is 15.0. The number of nitrogens with two attached hydrogens (primary N) is 1. The van der Waals surface area contributed by atoms with Gasteiger partial charge in [0.05, 0.1) is 5.75 Å². The molecule has 1 unspecified atom stereocenters. The molecule has 0 amide bonds. The van der Waals surface area contributed by atoms with Gasteiger partial charge in [-0.3, -0.25) is 0 Å². The Balaban J connectivity index is 2.05. The van der Waals surface area contributed by atoms with Crippen LogP contribution in [0.3, 0.4) is 0 Å². The summed E-state index contributed by atoms with van der Waals surface area (Å²) in [7, 11) is -3.48.